The summed E-state index contributed by atoms with van der Waals surface area (Å²) in [5.41, 5.74) is 4.95. The van der Waals surface area contributed by atoms with Crippen molar-refractivity contribution in [3.63, 3.8) is 0 Å². The molecule has 0 unspecified atom stereocenters. The van der Waals surface area contributed by atoms with E-state index < -0.39 is 0 Å². The molecule has 0 aliphatic carbocycles. The maximum absolute atomic E-state index is 10.6. The highest BCUT2D eigenvalue weighted by molar-refractivity contribution is 5.74. The molecule has 0 fully saturated rings. The summed E-state index contributed by atoms with van der Waals surface area (Å²) in [6.07, 6.45) is 2.71. The zero-order valence-electron chi connectivity index (χ0n) is 8.31. The molecule has 0 aromatic carbocycles. The van der Waals surface area contributed by atoms with E-state index in [1.54, 1.807) is 0 Å². The fourth-order valence-electron chi connectivity index (χ4n) is 1.10. The van der Waals surface area contributed by atoms with Crippen molar-refractivity contribution in [1.82, 2.24) is 5.32 Å². The van der Waals surface area contributed by atoms with Crippen molar-refractivity contribution in [2.75, 3.05) is 6.54 Å². The van der Waals surface area contributed by atoms with Gasteiger partial charge in [0.25, 0.3) is 0 Å². The van der Waals surface area contributed by atoms with E-state index in [1.165, 1.54) is 6.42 Å². The van der Waals surface area contributed by atoms with Gasteiger partial charge in [-0.3, -0.25) is 4.79 Å². The van der Waals surface area contributed by atoms with Gasteiger partial charge >= 0.3 is 0 Å². The number of nitrogens with one attached hydrogen (secondary N) is 1. The van der Waals surface area contributed by atoms with Crippen LogP contribution in [0, 0.1) is 0 Å². The van der Waals surface area contributed by atoms with Crippen molar-refractivity contribution in [2.45, 2.75) is 45.6 Å². The molecule has 0 saturated heterocycles. The normalized spacial score (nSPS) is 11.6. The molecule has 72 valence electrons. The van der Waals surface area contributed by atoms with Gasteiger partial charge in [-0.15, -0.1) is 0 Å². The molecule has 3 N–H and O–H groups in total. The first-order chi connectivity index (χ1) is 5.48. The first-order valence-corrected chi connectivity index (χ1v) is 4.51. The molecule has 0 heterocycles. The van der Waals surface area contributed by atoms with E-state index in [1.807, 2.05) is 13.8 Å². The van der Waals surface area contributed by atoms with E-state index in [9.17, 15) is 4.79 Å². The smallest absolute Gasteiger partial charge is 0.219 e. The van der Waals surface area contributed by atoms with Crippen LogP contribution in [-0.4, -0.2) is 18.0 Å². The molecule has 0 atom stereocenters. The van der Waals surface area contributed by atoms with Gasteiger partial charge in [0.15, 0.2) is 0 Å². The lowest BCUT2D eigenvalue weighted by Gasteiger charge is -2.24. The second kappa shape index (κ2) is 5.14. The summed E-state index contributed by atoms with van der Waals surface area (Å²) in [4.78, 5) is 10.6. The van der Waals surface area contributed by atoms with Crippen molar-refractivity contribution in [2.24, 2.45) is 5.73 Å². The first kappa shape index (κ1) is 11.4. The maximum Gasteiger partial charge on any atom is 0.219 e. The van der Waals surface area contributed by atoms with Gasteiger partial charge in [0.05, 0.1) is 0 Å². The zero-order chi connectivity index (χ0) is 9.61. The van der Waals surface area contributed by atoms with Crippen molar-refractivity contribution < 1.29 is 4.79 Å². The molecule has 0 aromatic heterocycles. The Balaban J connectivity index is 3.63. The topological polar surface area (TPSA) is 55.1 Å². The lowest BCUT2D eigenvalue weighted by atomic mass is 10.0. The number of unbranched alkanes of at least 4 members (excludes halogenated alkanes) is 1. The summed E-state index contributed by atoms with van der Waals surface area (Å²) in [6.45, 7) is 7.08. The van der Waals surface area contributed by atoms with Gasteiger partial charge in [0.1, 0.15) is 0 Å². The molecule has 0 aliphatic rings. The predicted molar refractivity (Wildman–Crippen MR) is 50.8 cm³/mol. The van der Waals surface area contributed by atoms with Crippen LogP contribution >= 0.6 is 0 Å². The Morgan fingerprint density at radius 2 is 2.08 bits per heavy atom. The highest BCUT2D eigenvalue weighted by Gasteiger charge is 2.18. The van der Waals surface area contributed by atoms with Crippen LogP contribution in [0.5, 0.6) is 0 Å². The number of hydrogen-bond acceptors (Lipinski definition) is 2. The molecule has 0 aliphatic heterocycles. The highest BCUT2D eigenvalue weighted by atomic mass is 16.1. The quantitative estimate of drug-likeness (QED) is 0.588. The number of nitrogens with two attached hydrogens (primary N) is 1. The van der Waals surface area contributed by atoms with E-state index in [0.29, 0.717) is 6.42 Å². The Bertz CT molecular complexity index is 143. The van der Waals surface area contributed by atoms with Crippen LogP contribution in [0.25, 0.3) is 0 Å². The predicted octanol–water partition coefficient (Wildman–Crippen LogP) is 1.03. The minimum atomic E-state index is -0.246. The molecule has 0 rings (SSSR count). The summed E-state index contributed by atoms with van der Waals surface area (Å²) in [6, 6.07) is 0. The summed E-state index contributed by atoms with van der Waals surface area (Å²) in [5, 5.41) is 3.29. The van der Waals surface area contributed by atoms with Crippen LogP contribution in [0.4, 0.5) is 0 Å². The van der Waals surface area contributed by atoms with Gasteiger partial charge in [0, 0.05) is 12.0 Å². The standard InChI is InChI=1S/C9H20N2O/c1-4-5-6-11-9(2,3)7-8(10)12/h11H,4-7H2,1-3H3,(H2,10,12). The summed E-state index contributed by atoms with van der Waals surface area (Å²) < 4.78 is 0. The van der Waals surface area contributed by atoms with E-state index in [4.69, 9.17) is 5.73 Å². The van der Waals surface area contributed by atoms with Gasteiger partial charge in [0.2, 0.25) is 5.91 Å². The number of amides is 1. The lowest BCUT2D eigenvalue weighted by Crippen LogP contribution is -2.43. The molecular weight excluding hydrogens is 152 g/mol. The molecule has 0 aromatic rings. The average Bonchev–Trinajstić information content (AvgIpc) is 1.84. The van der Waals surface area contributed by atoms with Crippen LogP contribution in [0.2, 0.25) is 0 Å². The average molecular weight is 172 g/mol. The summed E-state index contributed by atoms with van der Waals surface area (Å²) in [5.74, 6) is -0.246. The fourth-order valence-corrected chi connectivity index (χ4v) is 1.10. The monoisotopic (exact) mass is 172 g/mol. The van der Waals surface area contributed by atoms with Gasteiger partial charge in [-0.05, 0) is 26.8 Å². The Hall–Kier alpha value is -0.570. The molecule has 0 spiro atoms. The third-order valence-corrected chi connectivity index (χ3v) is 1.75. The van der Waals surface area contributed by atoms with Crippen molar-refractivity contribution in [3.05, 3.63) is 0 Å². The first-order valence-electron chi connectivity index (χ1n) is 4.51. The second-order valence-electron chi connectivity index (χ2n) is 3.81. The van der Waals surface area contributed by atoms with Gasteiger partial charge in [-0.2, -0.15) is 0 Å². The Kier molecular flexibility index (Phi) is 4.90. The minimum Gasteiger partial charge on any atom is -0.370 e. The van der Waals surface area contributed by atoms with Gasteiger partial charge in [-0.1, -0.05) is 13.3 Å². The van der Waals surface area contributed by atoms with Crippen LogP contribution < -0.4 is 11.1 Å². The molecule has 3 nitrogen and oxygen atoms in total. The molecule has 0 saturated carbocycles. The Labute approximate surface area is 74.7 Å². The Morgan fingerprint density at radius 1 is 1.50 bits per heavy atom. The molecule has 3 heteroatoms. The zero-order valence-corrected chi connectivity index (χ0v) is 8.31. The third-order valence-electron chi connectivity index (χ3n) is 1.75. The number of carbonyl (C=O) groups is 1. The lowest BCUT2D eigenvalue weighted by molar-refractivity contribution is -0.119. The highest BCUT2D eigenvalue weighted by Crippen LogP contribution is 2.07. The van der Waals surface area contributed by atoms with Crippen LogP contribution in [0.3, 0.4) is 0 Å². The largest absolute Gasteiger partial charge is 0.370 e. The van der Waals surface area contributed by atoms with Gasteiger partial charge in [-0.25, -0.2) is 0 Å². The summed E-state index contributed by atoms with van der Waals surface area (Å²) >= 11 is 0. The fraction of sp³-hybridized carbons (Fsp3) is 0.889. The van der Waals surface area contributed by atoms with E-state index in [2.05, 4.69) is 12.2 Å². The van der Waals surface area contributed by atoms with E-state index in [-0.39, 0.29) is 11.4 Å². The van der Waals surface area contributed by atoms with E-state index >= 15 is 0 Å². The van der Waals surface area contributed by atoms with Crippen molar-refractivity contribution in [3.8, 4) is 0 Å². The SMILES string of the molecule is CCCCNC(C)(C)CC(N)=O. The van der Waals surface area contributed by atoms with Crippen molar-refractivity contribution in [1.29, 1.82) is 0 Å². The molecule has 0 bridgehead atoms. The number of carbonyl (C=O) groups excluding carboxylic acids is 1. The molecule has 12 heavy (non-hydrogen) atoms. The summed E-state index contributed by atoms with van der Waals surface area (Å²) in [7, 11) is 0. The third kappa shape index (κ3) is 6.16. The van der Waals surface area contributed by atoms with Crippen LogP contribution in [0.15, 0.2) is 0 Å². The minimum absolute atomic E-state index is 0.152. The van der Waals surface area contributed by atoms with Gasteiger partial charge < -0.3 is 11.1 Å². The number of rotatable bonds is 6. The van der Waals surface area contributed by atoms with Crippen LogP contribution in [0.1, 0.15) is 40.0 Å². The number of hydrogen-bond donors (Lipinski definition) is 2. The molecule has 0 radical (unpaired) electrons. The molecular formula is C9H20N2O. The maximum atomic E-state index is 10.6. The number of primary amides is 1. The van der Waals surface area contributed by atoms with Crippen LogP contribution in [-0.2, 0) is 4.79 Å². The second-order valence-corrected chi connectivity index (χ2v) is 3.81. The van der Waals surface area contributed by atoms with E-state index in [0.717, 1.165) is 13.0 Å². The molecule has 1 amide bonds. The Morgan fingerprint density at radius 3 is 2.50 bits per heavy atom. The van der Waals surface area contributed by atoms with Crippen molar-refractivity contribution >= 4 is 5.91 Å².